The first kappa shape index (κ1) is 9.75. The number of carbonyl (C=O) groups is 1. The Morgan fingerprint density at radius 2 is 2.07 bits per heavy atom. The van der Waals surface area contributed by atoms with Crippen molar-refractivity contribution in [3.8, 4) is 0 Å². The van der Waals surface area contributed by atoms with Crippen molar-refractivity contribution in [2.45, 2.75) is 39.5 Å². The van der Waals surface area contributed by atoms with Crippen molar-refractivity contribution in [3.63, 3.8) is 0 Å². The molecule has 2 heteroatoms. The van der Waals surface area contributed by atoms with Crippen molar-refractivity contribution in [2.24, 2.45) is 11.8 Å². The summed E-state index contributed by atoms with van der Waals surface area (Å²) >= 11 is 0. The molecule has 1 aliphatic carbocycles. The molecule has 0 unspecified atom stereocenters. The number of allylic oxidation sites excluding steroid dienone is 1. The van der Waals surface area contributed by atoms with Gasteiger partial charge in [-0.2, -0.15) is 0 Å². The molecule has 0 saturated heterocycles. The summed E-state index contributed by atoms with van der Waals surface area (Å²) in [5.41, 5.74) is 3.01. The number of cyclic esters (lactones) is 1. The smallest absolute Gasteiger partial charge is 0.306 e. The second-order valence-corrected chi connectivity index (χ2v) is 4.61. The third-order valence-electron chi connectivity index (χ3n) is 3.68. The van der Waals surface area contributed by atoms with Gasteiger partial charge in [-0.1, -0.05) is 18.1 Å². The lowest BCUT2D eigenvalue weighted by molar-refractivity contribution is -0.145. The third-order valence-corrected chi connectivity index (χ3v) is 3.68. The molecule has 0 spiro atoms. The molecule has 78 valence electrons. The summed E-state index contributed by atoms with van der Waals surface area (Å²) in [6, 6.07) is 0. The highest BCUT2D eigenvalue weighted by atomic mass is 16.5. The molecule has 0 aromatic carbocycles. The van der Waals surface area contributed by atoms with Gasteiger partial charge in [0.2, 0.25) is 0 Å². The molecule has 0 aromatic heterocycles. The molecule has 1 aliphatic heterocycles. The molecule has 0 bridgehead atoms. The van der Waals surface area contributed by atoms with E-state index in [4.69, 9.17) is 4.74 Å². The second kappa shape index (κ2) is 3.76. The number of ether oxygens (including phenoxy) is 1. The largest absolute Gasteiger partial charge is 0.465 e. The molecular formula is C12H18O2. The van der Waals surface area contributed by atoms with Crippen LogP contribution in [0.25, 0.3) is 0 Å². The van der Waals surface area contributed by atoms with Crippen molar-refractivity contribution < 1.29 is 9.53 Å². The minimum atomic E-state index is -0.0255. The average molecular weight is 194 g/mol. The van der Waals surface area contributed by atoms with E-state index in [0.717, 1.165) is 6.42 Å². The van der Waals surface area contributed by atoms with Gasteiger partial charge in [0, 0.05) is 12.3 Å². The SMILES string of the molecule is C/C1=C2\CC[C@H](C)[C@H]2COC(=O)CC1. The Hall–Kier alpha value is -0.790. The van der Waals surface area contributed by atoms with Crippen LogP contribution in [0.4, 0.5) is 0 Å². The summed E-state index contributed by atoms with van der Waals surface area (Å²) in [4.78, 5) is 11.2. The van der Waals surface area contributed by atoms with Crippen molar-refractivity contribution in [1.82, 2.24) is 0 Å². The maximum Gasteiger partial charge on any atom is 0.306 e. The van der Waals surface area contributed by atoms with E-state index in [2.05, 4.69) is 13.8 Å². The van der Waals surface area contributed by atoms with Gasteiger partial charge in [-0.25, -0.2) is 0 Å². The van der Waals surface area contributed by atoms with E-state index in [-0.39, 0.29) is 5.97 Å². The number of hydrogen-bond donors (Lipinski definition) is 0. The number of esters is 1. The van der Waals surface area contributed by atoms with Crippen molar-refractivity contribution in [2.75, 3.05) is 6.61 Å². The fourth-order valence-corrected chi connectivity index (χ4v) is 2.61. The summed E-state index contributed by atoms with van der Waals surface area (Å²) in [6.07, 6.45) is 3.94. The minimum absolute atomic E-state index is 0.0255. The minimum Gasteiger partial charge on any atom is -0.465 e. The van der Waals surface area contributed by atoms with E-state index in [1.807, 2.05) is 0 Å². The molecule has 2 nitrogen and oxygen atoms in total. The summed E-state index contributed by atoms with van der Waals surface area (Å²) in [5.74, 6) is 1.17. The molecule has 0 amide bonds. The zero-order chi connectivity index (χ0) is 10.1. The fourth-order valence-electron chi connectivity index (χ4n) is 2.61. The molecule has 0 N–H and O–H groups in total. The Bertz CT molecular complexity index is 278. The van der Waals surface area contributed by atoms with Crippen molar-refractivity contribution in [1.29, 1.82) is 0 Å². The molecule has 1 heterocycles. The summed E-state index contributed by atoms with van der Waals surface area (Å²) < 4.78 is 5.24. The maximum absolute atomic E-state index is 11.2. The molecule has 0 radical (unpaired) electrons. The second-order valence-electron chi connectivity index (χ2n) is 4.61. The van der Waals surface area contributed by atoms with Gasteiger partial charge in [0.15, 0.2) is 0 Å². The van der Waals surface area contributed by atoms with Gasteiger partial charge in [-0.15, -0.1) is 0 Å². The Morgan fingerprint density at radius 3 is 2.86 bits per heavy atom. The van der Waals surface area contributed by atoms with Crippen LogP contribution >= 0.6 is 0 Å². The van der Waals surface area contributed by atoms with Crippen LogP contribution in [0.1, 0.15) is 39.5 Å². The summed E-state index contributed by atoms with van der Waals surface area (Å²) in [6.45, 7) is 5.06. The predicted molar refractivity (Wildman–Crippen MR) is 54.8 cm³/mol. The average Bonchev–Trinajstić information content (AvgIpc) is 2.51. The van der Waals surface area contributed by atoms with Gasteiger partial charge in [0.1, 0.15) is 0 Å². The highest BCUT2D eigenvalue weighted by molar-refractivity contribution is 5.70. The standard InChI is InChI=1S/C12H18O2/c1-8-4-6-12(13)14-7-11-9(2)3-5-10(8)11/h9,11H,3-7H2,1-2H3/b10-8-/t9-,11+/m0/s1. The van der Waals surface area contributed by atoms with Crippen LogP contribution < -0.4 is 0 Å². The summed E-state index contributed by atoms with van der Waals surface area (Å²) in [7, 11) is 0. The Labute approximate surface area is 85.3 Å². The summed E-state index contributed by atoms with van der Waals surface area (Å²) in [5, 5.41) is 0. The van der Waals surface area contributed by atoms with E-state index in [1.165, 1.54) is 18.4 Å². The molecule has 0 aromatic rings. The zero-order valence-electron chi connectivity index (χ0n) is 9.01. The highest BCUT2D eigenvalue weighted by Gasteiger charge is 2.31. The van der Waals surface area contributed by atoms with Gasteiger partial charge in [-0.3, -0.25) is 4.79 Å². The van der Waals surface area contributed by atoms with E-state index in [1.54, 1.807) is 5.57 Å². The lowest BCUT2D eigenvalue weighted by Gasteiger charge is -2.21. The lowest BCUT2D eigenvalue weighted by atomic mass is 9.91. The van der Waals surface area contributed by atoms with Crippen LogP contribution in [0.3, 0.4) is 0 Å². The first-order valence-corrected chi connectivity index (χ1v) is 5.52. The monoisotopic (exact) mass is 194 g/mol. The van der Waals surface area contributed by atoms with Crippen molar-refractivity contribution in [3.05, 3.63) is 11.1 Å². The van der Waals surface area contributed by atoms with Crippen LogP contribution in [-0.2, 0) is 9.53 Å². The van der Waals surface area contributed by atoms with Crippen LogP contribution in [0.2, 0.25) is 0 Å². The molecule has 2 aliphatic rings. The maximum atomic E-state index is 11.2. The van der Waals surface area contributed by atoms with Crippen LogP contribution in [0.15, 0.2) is 11.1 Å². The van der Waals surface area contributed by atoms with Gasteiger partial charge in [-0.05, 0) is 32.1 Å². The van der Waals surface area contributed by atoms with Crippen molar-refractivity contribution >= 4 is 5.97 Å². The van der Waals surface area contributed by atoms with Gasteiger partial charge in [0.05, 0.1) is 6.61 Å². The lowest BCUT2D eigenvalue weighted by Crippen LogP contribution is -2.20. The number of hydrogen-bond acceptors (Lipinski definition) is 2. The van der Waals surface area contributed by atoms with E-state index in [9.17, 15) is 4.79 Å². The van der Waals surface area contributed by atoms with Crippen LogP contribution in [-0.4, -0.2) is 12.6 Å². The molecule has 2 atom stereocenters. The van der Waals surface area contributed by atoms with E-state index < -0.39 is 0 Å². The quantitative estimate of drug-likeness (QED) is 0.438. The van der Waals surface area contributed by atoms with Crippen LogP contribution in [0.5, 0.6) is 0 Å². The molecular weight excluding hydrogens is 176 g/mol. The number of rotatable bonds is 0. The first-order chi connectivity index (χ1) is 6.68. The topological polar surface area (TPSA) is 26.3 Å². The highest BCUT2D eigenvalue weighted by Crippen LogP contribution is 2.40. The Kier molecular flexibility index (Phi) is 2.62. The fraction of sp³-hybridized carbons (Fsp3) is 0.750. The molecule has 1 fully saturated rings. The number of carbonyl (C=O) groups excluding carboxylic acids is 1. The first-order valence-electron chi connectivity index (χ1n) is 5.52. The predicted octanol–water partition coefficient (Wildman–Crippen LogP) is 2.69. The van der Waals surface area contributed by atoms with Crippen LogP contribution in [0, 0.1) is 11.8 Å². The normalized spacial score (nSPS) is 38.6. The molecule has 14 heavy (non-hydrogen) atoms. The zero-order valence-corrected chi connectivity index (χ0v) is 9.01. The van der Waals surface area contributed by atoms with Gasteiger partial charge >= 0.3 is 5.97 Å². The molecule has 2 rings (SSSR count). The van der Waals surface area contributed by atoms with E-state index >= 15 is 0 Å². The Balaban J connectivity index is 2.23. The van der Waals surface area contributed by atoms with Gasteiger partial charge in [0.25, 0.3) is 0 Å². The Morgan fingerprint density at radius 1 is 1.29 bits per heavy atom. The van der Waals surface area contributed by atoms with Gasteiger partial charge < -0.3 is 4.74 Å². The third kappa shape index (κ3) is 1.70. The molecule has 1 saturated carbocycles. The van der Waals surface area contributed by atoms with E-state index in [0.29, 0.717) is 24.9 Å². The number of fused-ring (bicyclic) bond motifs is 1.